The van der Waals surface area contributed by atoms with Gasteiger partial charge < -0.3 is 15.0 Å². The van der Waals surface area contributed by atoms with Crippen LogP contribution in [-0.2, 0) is 32.6 Å². The molecule has 0 radical (unpaired) electrons. The molecule has 0 unspecified atom stereocenters. The lowest BCUT2D eigenvalue weighted by Crippen LogP contribution is -2.54. The van der Waals surface area contributed by atoms with Crippen LogP contribution >= 0.6 is 23.2 Å². The highest BCUT2D eigenvalue weighted by Gasteiger charge is 2.35. The molecule has 0 bridgehead atoms. The molecule has 1 aliphatic carbocycles. The second kappa shape index (κ2) is 14.3. The Hall–Kier alpha value is -3.27. The average molecular weight is 633 g/mol. The van der Waals surface area contributed by atoms with Crippen LogP contribution in [-0.4, -0.2) is 57.1 Å². The van der Waals surface area contributed by atoms with Crippen molar-refractivity contribution in [1.82, 2.24) is 10.2 Å². The van der Waals surface area contributed by atoms with Crippen molar-refractivity contribution in [2.75, 3.05) is 24.2 Å². The largest absolute Gasteiger partial charge is 0.495 e. The number of sulfonamides is 1. The monoisotopic (exact) mass is 631 g/mol. The Morgan fingerprint density at radius 3 is 2.26 bits per heavy atom. The minimum Gasteiger partial charge on any atom is -0.495 e. The molecule has 3 aromatic carbocycles. The second-order valence-corrected chi connectivity index (χ2v) is 13.2. The number of rotatable bonds is 12. The van der Waals surface area contributed by atoms with Crippen LogP contribution in [0.4, 0.5) is 5.69 Å². The Bertz CT molecular complexity index is 1500. The van der Waals surface area contributed by atoms with E-state index in [0.717, 1.165) is 41.8 Å². The third kappa shape index (κ3) is 8.40. The van der Waals surface area contributed by atoms with Gasteiger partial charge in [-0.2, -0.15) is 0 Å². The molecule has 1 N–H and O–H groups in total. The number of ether oxygens (including phenoxy) is 1. The number of anilines is 1. The summed E-state index contributed by atoms with van der Waals surface area (Å²) in [6, 6.07) is 20.1. The fourth-order valence-corrected chi connectivity index (χ4v) is 6.43. The van der Waals surface area contributed by atoms with Crippen molar-refractivity contribution in [3.8, 4) is 5.75 Å². The van der Waals surface area contributed by atoms with Crippen LogP contribution in [0.3, 0.4) is 0 Å². The normalized spacial score (nSPS) is 14.3. The van der Waals surface area contributed by atoms with Crippen LogP contribution < -0.4 is 14.4 Å². The Labute approximate surface area is 257 Å². The van der Waals surface area contributed by atoms with Crippen molar-refractivity contribution in [1.29, 1.82) is 0 Å². The molecule has 1 atom stereocenters. The third-order valence-electron chi connectivity index (χ3n) is 7.30. The Morgan fingerprint density at radius 1 is 0.952 bits per heavy atom. The SMILES string of the molecule is COc1ccc(Cl)cc1N(CC(=O)N(Cc1cccc(Cl)c1)[C@@H](Cc1ccccc1)C(=O)NC1CCCC1)S(C)(=O)=O. The number of hydrogen-bond acceptors (Lipinski definition) is 5. The van der Waals surface area contributed by atoms with E-state index in [4.69, 9.17) is 27.9 Å². The lowest BCUT2D eigenvalue weighted by Gasteiger charge is -2.34. The first-order chi connectivity index (χ1) is 20.0. The van der Waals surface area contributed by atoms with Crippen molar-refractivity contribution in [2.45, 2.75) is 50.7 Å². The van der Waals surface area contributed by atoms with Gasteiger partial charge in [0.2, 0.25) is 21.8 Å². The van der Waals surface area contributed by atoms with E-state index in [1.807, 2.05) is 36.4 Å². The quantitative estimate of drug-likeness (QED) is 0.286. The highest BCUT2D eigenvalue weighted by Crippen LogP contribution is 2.33. The van der Waals surface area contributed by atoms with Crippen molar-refractivity contribution in [3.63, 3.8) is 0 Å². The topological polar surface area (TPSA) is 96.0 Å². The van der Waals surface area contributed by atoms with Crippen molar-refractivity contribution in [2.24, 2.45) is 0 Å². The van der Waals surface area contributed by atoms with Gasteiger partial charge in [0, 0.05) is 29.1 Å². The molecular weight excluding hydrogens is 597 g/mol. The van der Waals surface area contributed by atoms with Crippen molar-refractivity contribution >= 4 is 50.7 Å². The fourth-order valence-electron chi connectivity index (χ4n) is 5.21. The zero-order valence-corrected chi connectivity index (χ0v) is 26.0. The van der Waals surface area contributed by atoms with Crippen LogP contribution in [0.5, 0.6) is 5.75 Å². The fraction of sp³-hybridized carbons (Fsp3) is 0.355. The van der Waals surface area contributed by atoms with Gasteiger partial charge in [-0.25, -0.2) is 8.42 Å². The molecule has 1 aliphatic rings. The van der Waals surface area contributed by atoms with Gasteiger partial charge in [-0.3, -0.25) is 13.9 Å². The molecule has 0 heterocycles. The predicted octanol–water partition coefficient (Wildman–Crippen LogP) is 5.47. The summed E-state index contributed by atoms with van der Waals surface area (Å²) in [4.78, 5) is 29.6. The summed E-state index contributed by atoms with van der Waals surface area (Å²) in [6.07, 6.45) is 5.07. The van der Waals surface area contributed by atoms with Gasteiger partial charge in [0.15, 0.2) is 0 Å². The summed E-state index contributed by atoms with van der Waals surface area (Å²) >= 11 is 12.5. The van der Waals surface area contributed by atoms with E-state index in [1.54, 1.807) is 24.3 Å². The number of carbonyl (C=O) groups is 2. The predicted molar refractivity (Wildman–Crippen MR) is 167 cm³/mol. The summed E-state index contributed by atoms with van der Waals surface area (Å²) in [5.41, 5.74) is 1.69. The maximum Gasteiger partial charge on any atom is 0.244 e. The molecule has 8 nitrogen and oxygen atoms in total. The molecule has 0 aliphatic heterocycles. The summed E-state index contributed by atoms with van der Waals surface area (Å²) in [5, 5.41) is 3.91. The van der Waals surface area contributed by atoms with E-state index in [1.165, 1.54) is 24.1 Å². The highest BCUT2D eigenvalue weighted by atomic mass is 35.5. The number of carbonyl (C=O) groups excluding carboxylic acids is 2. The number of nitrogens with one attached hydrogen (secondary N) is 1. The van der Waals surface area contributed by atoms with E-state index >= 15 is 0 Å². The van der Waals surface area contributed by atoms with E-state index in [-0.39, 0.29) is 41.4 Å². The van der Waals surface area contributed by atoms with Crippen LogP contribution in [0.15, 0.2) is 72.8 Å². The van der Waals surface area contributed by atoms with Gasteiger partial charge in [0.1, 0.15) is 18.3 Å². The first kappa shape index (κ1) is 31.7. The number of methoxy groups -OCH3 is 1. The zero-order valence-electron chi connectivity index (χ0n) is 23.6. The number of benzene rings is 3. The Kier molecular flexibility index (Phi) is 10.8. The van der Waals surface area contributed by atoms with Gasteiger partial charge in [-0.05, 0) is 54.3 Å². The van der Waals surface area contributed by atoms with E-state index < -0.39 is 28.5 Å². The van der Waals surface area contributed by atoms with E-state index in [0.29, 0.717) is 10.6 Å². The number of hydrogen-bond donors (Lipinski definition) is 1. The molecule has 11 heteroatoms. The average Bonchev–Trinajstić information content (AvgIpc) is 3.46. The minimum absolute atomic E-state index is 0.0298. The maximum atomic E-state index is 14.3. The molecular formula is C31H35Cl2N3O5S. The lowest BCUT2D eigenvalue weighted by atomic mass is 10.0. The zero-order chi connectivity index (χ0) is 30.3. The van der Waals surface area contributed by atoms with Gasteiger partial charge in [0.05, 0.1) is 19.1 Å². The number of nitrogens with zero attached hydrogens (tertiary/aromatic N) is 2. The third-order valence-corrected chi connectivity index (χ3v) is 8.90. The molecule has 224 valence electrons. The van der Waals surface area contributed by atoms with Crippen LogP contribution in [0.1, 0.15) is 36.8 Å². The van der Waals surface area contributed by atoms with Crippen LogP contribution in [0, 0.1) is 0 Å². The lowest BCUT2D eigenvalue weighted by molar-refractivity contribution is -0.140. The van der Waals surface area contributed by atoms with E-state index in [2.05, 4.69) is 5.32 Å². The standard InChI is InChI=1S/C31H35Cl2N3O5S/c1-41-29-16-15-25(33)19-27(29)36(42(2,39)40)21-30(37)35(20-23-11-8-12-24(32)17-23)28(18-22-9-4-3-5-10-22)31(38)34-26-13-6-7-14-26/h3-5,8-12,15-17,19,26,28H,6-7,13-14,18,20-21H2,1-2H3,(H,34,38)/t28-/m0/s1. The summed E-state index contributed by atoms with van der Waals surface area (Å²) in [5.74, 6) is -0.615. The summed E-state index contributed by atoms with van der Waals surface area (Å²) in [7, 11) is -2.57. The van der Waals surface area contributed by atoms with Crippen LogP contribution in [0.2, 0.25) is 10.0 Å². The first-order valence-corrected chi connectivity index (χ1v) is 16.3. The van der Waals surface area contributed by atoms with E-state index in [9.17, 15) is 18.0 Å². The molecule has 42 heavy (non-hydrogen) atoms. The number of halogens is 2. The molecule has 3 aromatic rings. The molecule has 0 aromatic heterocycles. The van der Waals surface area contributed by atoms with Crippen molar-refractivity contribution in [3.05, 3.63) is 94.0 Å². The maximum absolute atomic E-state index is 14.3. The molecule has 1 fully saturated rings. The second-order valence-electron chi connectivity index (χ2n) is 10.4. The molecule has 4 rings (SSSR count). The minimum atomic E-state index is -3.97. The molecule has 0 spiro atoms. The van der Waals surface area contributed by atoms with Gasteiger partial charge in [-0.15, -0.1) is 0 Å². The Balaban J connectivity index is 1.76. The summed E-state index contributed by atoms with van der Waals surface area (Å²) in [6.45, 7) is -0.530. The molecule has 1 saturated carbocycles. The molecule has 0 saturated heterocycles. The highest BCUT2D eigenvalue weighted by molar-refractivity contribution is 7.92. The Morgan fingerprint density at radius 2 is 1.62 bits per heavy atom. The van der Waals surface area contributed by atoms with Gasteiger partial charge in [-0.1, -0.05) is 78.5 Å². The first-order valence-electron chi connectivity index (χ1n) is 13.7. The van der Waals surface area contributed by atoms with Gasteiger partial charge >= 0.3 is 0 Å². The smallest absolute Gasteiger partial charge is 0.244 e. The molecule has 2 amide bonds. The van der Waals surface area contributed by atoms with Gasteiger partial charge in [0.25, 0.3) is 0 Å². The number of amides is 2. The van der Waals surface area contributed by atoms with Crippen molar-refractivity contribution < 1.29 is 22.7 Å². The van der Waals surface area contributed by atoms with Crippen LogP contribution in [0.25, 0.3) is 0 Å². The summed E-state index contributed by atoms with van der Waals surface area (Å²) < 4.78 is 32.5.